The fourth-order valence-corrected chi connectivity index (χ4v) is 2.46. The normalized spacial score (nSPS) is 11.6. The summed E-state index contributed by atoms with van der Waals surface area (Å²) >= 11 is 0. The minimum absolute atomic E-state index is 0.0716. The summed E-state index contributed by atoms with van der Waals surface area (Å²) in [6, 6.07) is 6.88. The lowest BCUT2D eigenvalue weighted by Gasteiger charge is -2.11. The molecule has 0 spiro atoms. The molecule has 8 heteroatoms. The van der Waals surface area contributed by atoms with Crippen LogP contribution in [0.5, 0.6) is 5.75 Å². The van der Waals surface area contributed by atoms with E-state index in [2.05, 4.69) is 10.2 Å². The molecule has 1 atom stereocenters. The number of ether oxygens (including phenoxy) is 3. The number of hydrogen-bond donors (Lipinski definition) is 1. The number of H-pyrrole nitrogens is 1. The van der Waals surface area contributed by atoms with Gasteiger partial charge in [0.25, 0.3) is 0 Å². The van der Waals surface area contributed by atoms with Crippen LogP contribution in [0.2, 0.25) is 0 Å². The first-order valence-electron chi connectivity index (χ1n) is 8.46. The number of aromatic nitrogens is 2. The number of carbonyl (C=O) groups is 3. The van der Waals surface area contributed by atoms with E-state index in [0.717, 1.165) is 0 Å². The number of nitrogens with zero attached hydrogens (tertiary/aromatic N) is 1. The molecule has 0 saturated heterocycles. The predicted octanol–water partition coefficient (Wildman–Crippen LogP) is 2.64. The molecule has 0 bridgehead atoms. The molecule has 0 amide bonds. The van der Waals surface area contributed by atoms with E-state index in [9.17, 15) is 14.4 Å². The molecule has 1 aromatic heterocycles. The van der Waals surface area contributed by atoms with Crippen molar-refractivity contribution >= 4 is 17.7 Å². The maximum absolute atomic E-state index is 12.8. The molecule has 0 aliphatic rings. The highest BCUT2D eigenvalue weighted by Crippen LogP contribution is 2.30. The lowest BCUT2D eigenvalue weighted by molar-refractivity contribution is -0.141. The van der Waals surface area contributed by atoms with Gasteiger partial charge in [0.2, 0.25) is 0 Å². The number of benzene rings is 1. The van der Waals surface area contributed by atoms with Gasteiger partial charge in [0, 0.05) is 12.5 Å². The van der Waals surface area contributed by atoms with Crippen molar-refractivity contribution in [3.05, 3.63) is 35.7 Å². The Morgan fingerprint density at radius 1 is 1.15 bits per heavy atom. The van der Waals surface area contributed by atoms with Gasteiger partial charge in [-0.2, -0.15) is 5.10 Å². The zero-order chi connectivity index (χ0) is 20.0. The van der Waals surface area contributed by atoms with Crippen LogP contribution in [0.4, 0.5) is 0 Å². The summed E-state index contributed by atoms with van der Waals surface area (Å²) in [5, 5.41) is 6.64. The van der Waals surface area contributed by atoms with Crippen molar-refractivity contribution < 1.29 is 28.6 Å². The molecule has 144 valence electrons. The average Bonchev–Trinajstić information content (AvgIpc) is 3.10. The zero-order valence-corrected chi connectivity index (χ0v) is 15.7. The lowest BCUT2D eigenvalue weighted by Crippen LogP contribution is -2.20. The third-order valence-corrected chi connectivity index (χ3v) is 3.84. The monoisotopic (exact) mass is 374 g/mol. The highest BCUT2D eigenvalue weighted by atomic mass is 16.5. The quantitative estimate of drug-likeness (QED) is 0.559. The Morgan fingerprint density at radius 3 is 2.37 bits per heavy atom. The average molecular weight is 374 g/mol. The van der Waals surface area contributed by atoms with Gasteiger partial charge in [0.05, 0.1) is 19.6 Å². The van der Waals surface area contributed by atoms with Crippen molar-refractivity contribution in [1.82, 2.24) is 10.2 Å². The summed E-state index contributed by atoms with van der Waals surface area (Å²) in [6.45, 7) is 4.70. The summed E-state index contributed by atoms with van der Waals surface area (Å²) in [6.07, 6.45) is 0. The highest BCUT2D eigenvalue weighted by Gasteiger charge is 2.28. The lowest BCUT2D eigenvalue weighted by atomic mass is 9.96. The minimum Gasteiger partial charge on any atom is -0.497 e. The summed E-state index contributed by atoms with van der Waals surface area (Å²) < 4.78 is 15.1. The molecule has 1 heterocycles. The number of methoxy groups -OCH3 is 1. The third-order valence-electron chi connectivity index (χ3n) is 3.84. The molecule has 27 heavy (non-hydrogen) atoms. The smallest absolute Gasteiger partial charge is 0.357 e. The number of nitrogens with one attached hydrogen (secondary N) is 1. The Bertz CT molecular complexity index is 825. The van der Waals surface area contributed by atoms with E-state index in [0.29, 0.717) is 16.9 Å². The van der Waals surface area contributed by atoms with E-state index in [1.54, 1.807) is 45.2 Å². The molecule has 2 rings (SSSR count). The van der Waals surface area contributed by atoms with E-state index in [1.165, 1.54) is 6.92 Å². The Hall–Kier alpha value is -3.16. The zero-order valence-electron chi connectivity index (χ0n) is 15.7. The highest BCUT2D eigenvalue weighted by molar-refractivity contribution is 6.07. The number of Topliss-reactive ketones (excluding diaryl/α,β-unsaturated/α-hetero) is 1. The number of hydrogen-bond acceptors (Lipinski definition) is 7. The maximum Gasteiger partial charge on any atom is 0.357 e. The van der Waals surface area contributed by atoms with Gasteiger partial charge in [-0.3, -0.25) is 14.7 Å². The summed E-state index contributed by atoms with van der Waals surface area (Å²) in [5.74, 6) is -1.42. The van der Waals surface area contributed by atoms with E-state index in [-0.39, 0.29) is 30.4 Å². The Labute approximate surface area is 156 Å². The fourth-order valence-electron chi connectivity index (χ4n) is 2.46. The van der Waals surface area contributed by atoms with Gasteiger partial charge in [-0.1, -0.05) is 19.1 Å². The van der Waals surface area contributed by atoms with Gasteiger partial charge in [-0.05, 0) is 24.6 Å². The van der Waals surface area contributed by atoms with E-state index >= 15 is 0 Å². The van der Waals surface area contributed by atoms with Crippen LogP contribution in [-0.2, 0) is 14.3 Å². The predicted molar refractivity (Wildman–Crippen MR) is 96.7 cm³/mol. The summed E-state index contributed by atoms with van der Waals surface area (Å²) in [4.78, 5) is 36.1. The van der Waals surface area contributed by atoms with Gasteiger partial charge in [-0.15, -0.1) is 0 Å². The molecular formula is C19H22N2O6. The first-order valence-corrected chi connectivity index (χ1v) is 8.46. The van der Waals surface area contributed by atoms with Crippen molar-refractivity contribution in [3.63, 3.8) is 0 Å². The van der Waals surface area contributed by atoms with Gasteiger partial charge in [-0.25, -0.2) is 4.79 Å². The minimum atomic E-state index is -0.621. The first kappa shape index (κ1) is 20.2. The van der Waals surface area contributed by atoms with Crippen molar-refractivity contribution in [3.8, 4) is 16.9 Å². The molecule has 1 N–H and O–H groups in total. The molecule has 2 aromatic rings. The van der Waals surface area contributed by atoms with Gasteiger partial charge < -0.3 is 14.2 Å². The van der Waals surface area contributed by atoms with Crippen molar-refractivity contribution in [2.45, 2.75) is 20.8 Å². The first-order chi connectivity index (χ1) is 12.9. The SMILES string of the molecule is CCOC(=O)c1[nH]nc(C(=O)C(C)COC(C)=O)c1-c1ccc(OC)cc1. The molecule has 8 nitrogen and oxygen atoms in total. The second-order valence-corrected chi connectivity index (χ2v) is 5.84. The van der Waals surface area contributed by atoms with Crippen LogP contribution in [0, 0.1) is 5.92 Å². The van der Waals surface area contributed by atoms with Crippen molar-refractivity contribution in [1.29, 1.82) is 0 Å². The number of esters is 2. The molecule has 1 aromatic carbocycles. The van der Waals surface area contributed by atoms with Gasteiger partial charge in [0.1, 0.15) is 18.1 Å². The standard InChI is InChI=1S/C19H22N2O6/c1-5-26-19(24)17-15(13-6-8-14(25-4)9-7-13)16(20-21-17)18(23)11(2)10-27-12(3)22/h6-9,11H,5,10H2,1-4H3,(H,20,21). The summed E-state index contributed by atoms with van der Waals surface area (Å²) in [5.41, 5.74) is 1.12. The Morgan fingerprint density at radius 2 is 1.81 bits per heavy atom. The number of carbonyl (C=O) groups excluding carboxylic acids is 3. The van der Waals surface area contributed by atoms with Gasteiger partial charge >= 0.3 is 11.9 Å². The third kappa shape index (κ3) is 4.72. The van der Waals surface area contributed by atoms with Crippen LogP contribution in [0.15, 0.2) is 24.3 Å². The molecule has 0 radical (unpaired) electrons. The van der Waals surface area contributed by atoms with Crippen LogP contribution in [0.3, 0.4) is 0 Å². The summed E-state index contributed by atoms with van der Waals surface area (Å²) in [7, 11) is 1.54. The van der Waals surface area contributed by atoms with E-state index < -0.39 is 17.9 Å². The molecule has 1 unspecified atom stereocenters. The molecule has 0 saturated carbocycles. The maximum atomic E-state index is 12.8. The second-order valence-electron chi connectivity index (χ2n) is 5.84. The number of aromatic amines is 1. The Balaban J connectivity index is 2.46. The van der Waals surface area contributed by atoms with Crippen molar-refractivity contribution in [2.24, 2.45) is 5.92 Å². The van der Waals surface area contributed by atoms with Crippen molar-refractivity contribution in [2.75, 3.05) is 20.3 Å². The largest absolute Gasteiger partial charge is 0.497 e. The van der Waals surface area contributed by atoms with Gasteiger partial charge in [0.15, 0.2) is 11.5 Å². The molecular weight excluding hydrogens is 352 g/mol. The number of rotatable bonds is 8. The van der Waals surface area contributed by atoms with Crippen LogP contribution in [-0.4, -0.2) is 48.2 Å². The topological polar surface area (TPSA) is 108 Å². The molecule has 0 fully saturated rings. The molecule has 0 aliphatic heterocycles. The fraction of sp³-hybridized carbons (Fsp3) is 0.368. The van der Waals surface area contributed by atoms with E-state index in [4.69, 9.17) is 14.2 Å². The van der Waals surface area contributed by atoms with Crippen LogP contribution >= 0.6 is 0 Å². The Kier molecular flexibility index (Phi) is 6.70. The van der Waals surface area contributed by atoms with E-state index in [1.807, 2.05) is 0 Å². The van der Waals surface area contributed by atoms with Crippen LogP contribution in [0.1, 0.15) is 41.7 Å². The molecule has 0 aliphatic carbocycles. The van der Waals surface area contributed by atoms with Crippen LogP contribution in [0.25, 0.3) is 11.1 Å². The number of ketones is 1. The second kappa shape index (κ2) is 8.98. The van der Waals surface area contributed by atoms with Crippen LogP contribution < -0.4 is 4.74 Å².